The minimum Gasteiger partial charge on any atom is -0.351 e. The Kier molecular flexibility index (Phi) is 8.30. The highest BCUT2D eigenvalue weighted by Crippen LogP contribution is 2.35. The number of fused-ring (bicyclic) bond motifs is 3. The SMILES string of the molecule is CCc1cccc(CC)c1NC(=O)c1nn(C)c2c1CCc1cnc(NC3CCN(S(=O)(=O)CC(F)(F)F)CC3)nc1-2. The van der Waals surface area contributed by atoms with E-state index < -0.39 is 22.0 Å². The number of aryl methyl sites for hydroxylation is 4. The molecule has 226 valence electrons. The summed E-state index contributed by atoms with van der Waals surface area (Å²) in [5.74, 6) is -1.80. The molecule has 3 aromatic rings. The number of carbonyl (C=O) groups is 1. The maximum Gasteiger partial charge on any atom is 0.404 e. The van der Waals surface area contributed by atoms with E-state index >= 15 is 0 Å². The minimum absolute atomic E-state index is 0.0216. The number of rotatable bonds is 8. The molecule has 0 saturated carbocycles. The lowest BCUT2D eigenvalue weighted by atomic mass is 9.93. The van der Waals surface area contributed by atoms with Gasteiger partial charge in [-0.3, -0.25) is 9.48 Å². The van der Waals surface area contributed by atoms with Gasteiger partial charge in [-0.2, -0.15) is 18.3 Å². The molecular weight excluding hydrogens is 571 g/mol. The highest BCUT2D eigenvalue weighted by atomic mass is 32.2. The Labute approximate surface area is 242 Å². The van der Waals surface area contributed by atoms with Gasteiger partial charge in [-0.15, -0.1) is 0 Å². The molecule has 2 aromatic heterocycles. The van der Waals surface area contributed by atoms with Crippen LogP contribution in [0.25, 0.3) is 11.4 Å². The Balaban J connectivity index is 1.33. The van der Waals surface area contributed by atoms with Gasteiger partial charge < -0.3 is 10.6 Å². The number of para-hydroxylation sites is 1. The van der Waals surface area contributed by atoms with Gasteiger partial charge in [0, 0.05) is 43.6 Å². The van der Waals surface area contributed by atoms with Crippen LogP contribution >= 0.6 is 0 Å². The number of nitrogens with one attached hydrogen (secondary N) is 2. The van der Waals surface area contributed by atoms with Gasteiger partial charge in [0.25, 0.3) is 5.91 Å². The molecular formula is C28H34F3N7O3S. The molecule has 0 unspecified atom stereocenters. The Morgan fingerprint density at radius 3 is 2.38 bits per heavy atom. The monoisotopic (exact) mass is 605 g/mol. The highest BCUT2D eigenvalue weighted by Gasteiger charge is 2.39. The van der Waals surface area contributed by atoms with Crippen molar-refractivity contribution in [2.24, 2.45) is 7.05 Å². The van der Waals surface area contributed by atoms with E-state index in [9.17, 15) is 26.4 Å². The van der Waals surface area contributed by atoms with Gasteiger partial charge in [-0.05, 0) is 55.2 Å². The summed E-state index contributed by atoms with van der Waals surface area (Å²) in [6, 6.07) is 5.81. The molecule has 2 aliphatic rings. The van der Waals surface area contributed by atoms with Gasteiger partial charge in [0.1, 0.15) is 0 Å². The number of carbonyl (C=O) groups excluding carboxylic acids is 1. The molecule has 3 heterocycles. The van der Waals surface area contributed by atoms with Gasteiger partial charge in [-0.1, -0.05) is 32.0 Å². The van der Waals surface area contributed by atoms with E-state index in [-0.39, 0.29) is 25.0 Å². The summed E-state index contributed by atoms with van der Waals surface area (Å²) in [7, 11) is -2.64. The van der Waals surface area contributed by atoms with E-state index in [1.54, 1.807) is 17.9 Å². The predicted octanol–water partition coefficient (Wildman–Crippen LogP) is 4.12. The minimum atomic E-state index is -4.78. The van der Waals surface area contributed by atoms with E-state index in [1.807, 2.05) is 18.2 Å². The number of aromatic nitrogens is 4. The summed E-state index contributed by atoms with van der Waals surface area (Å²) >= 11 is 0. The lowest BCUT2D eigenvalue weighted by molar-refractivity contribution is -0.107. The van der Waals surface area contributed by atoms with E-state index in [4.69, 9.17) is 4.98 Å². The molecule has 14 heteroatoms. The number of hydrogen-bond donors (Lipinski definition) is 2. The van der Waals surface area contributed by atoms with E-state index in [0.29, 0.717) is 43.0 Å². The standard InChI is InChI=1S/C28H34F3N7O3S/c1-4-17-7-6-8-18(5-2)22(17)34-26(39)24-21-10-9-19-15-32-27(35-23(19)25(21)37(3)36-24)33-20-11-13-38(14-12-20)42(40,41)16-28(29,30)31/h6-8,15,20H,4-5,9-14,16H2,1-3H3,(H,34,39)(H,32,33,35). The molecule has 1 aromatic carbocycles. The summed E-state index contributed by atoms with van der Waals surface area (Å²) in [4.78, 5) is 22.7. The average molecular weight is 606 g/mol. The number of halogens is 3. The first kappa shape index (κ1) is 30.0. The summed E-state index contributed by atoms with van der Waals surface area (Å²) in [5, 5.41) is 10.9. The van der Waals surface area contributed by atoms with Crippen molar-refractivity contribution in [1.82, 2.24) is 24.1 Å². The number of amides is 1. The average Bonchev–Trinajstić information content (AvgIpc) is 3.29. The molecule has 1 fully saturated rings. The van der Waals surface area contributed by atoms with Crippen molar-refractivity contribution in [3.05, 3.63) is 52.3 Å². The van der Waals surface area contributed by atoms with Crippen molar-refractivity contribution in [2.75, 3.05) is 29.5 Å². The van der Waals surface area contributed by atoms with Crippen molar-refractivity contribution in [3.63, 3.8) is 0 Å². The molecule has 0 atom stereocenters. The van der Waals surface area contributed by atoms with Crippen LogP contribution in [0.2, 0.25) is 0 Å². The Morgan fingerprint density at radius 2 is 1.76 bits per heavy atom. The second kappa shape index (κ2) is 11.6. The fraction of sp³-hybridized carbons (Fsp3) is 0.500. The summed E-state index contributed by atoms with van der Waals surface area (Å²) < 4.78 is 64.8. The van der Waals surface area contributed by atoms with Gasteiger partial charge in [0.15, 0.2) is 11.4 Å². The molecule has 1 amide bonds. The van der Waals surface area contributed by atoms with Crippen molar-refractivity contribution < 1.29 is 26.4 Å². The summed E-state index contributed by atoms with van der Waals surface area (Å²) in [6.45, 7) is 4.06. The molecule has 5 rings (SSSR count). The van der Waals surface area contributed by atoms with Gasteiger partial charge in [0.05, 0.1) is 11.4 Å². The molecule has 0 radical (unpaired) electrons. The molecule has 0 bridgehead atoms. The van der Waals surface area contributed by atoms with Crippen LogP contribution < -0.4 is 10.6 Å². The number of benzene rings is 1. The second-order valence-electron chi connectivity index (χ2n) is 10.7. The second-order valence-corrected chi connectivity index (χ2v) is 12.6. The zero-order chi connectivity index (χ0) is 30.2. The molecule has 0 spiro atoms. The normalized spacial score (nSPS) is 16.1. The Morgan fingerprint density at radius 1 is 1.10 bits per heavy atom. The number of nitrogens with zero attached hydrogens (tertiary/aromatic N) is 5. The van der Waals surface area contributed by atoms with Crippen molar-refractivity contribution in [2.45, 2.75) is 64.6 Å². The molecule has 10 nitrogen and oxygen atoms in total. The first-order valence-corrected chi connectivity index (χ1v) is 15.7. The van der Waals surface area contributed by atoms with Crippen LogP contribution in [0.1, 0.15) is 59.4 Å². The summed E-state index contributed by atoms with van der Waals surface area (Å²) in [5.41, 5.74) is 6.43. The third-order valence-electron chi connectivity index (χ3n) is 7.86. The fourth-order valence-electron chi connectivity index (χ4n) is 5.74. The predicted molar refractivity (Wildman–Crippen MR) is 153 cm³/mol. The van der Waals surface area contributed by atoms with Crippen LogP contribution in [0.5, 0.6) is 0 Å². The van der Waals surface area contributed by atoms with Crippen LogP contribution in [0.15, 0.2) is 24.4 Å². The quantitative estimate of drug-likeness (QED) is 0.396. The van der Waals surface area contributed by atoms with E-state index in [1.165, 1.54) is 0 Å². The third kappa shape index (κ3) is 6.14. The van der Waals surface area contributed by atoms with Crippen LogP contribution in [0.3, 0.4) is 0 Å². The lowest BCUT2D eigenvalue weighted by Crippen LogP contribution is -2.45. The Bertz CT molecular complexity index is 1570. The molecule has 1 aliphatic carbocycles. The highest BCUT2D eigenvalue weighted by molar-refractivity contribution is 7.89. The zero-order valence-electron chi connectivity index (χ0n) is 23.8. The van der Waals surface area contributed by atoms with Gasteiger partial charge in [-0.25, -0.2) is 22.7 Å². The third-order valence-corrected chi connectivity index (χ3v) is 9.70. The number of hydrogen-bond acceptors (Lipinski definition) is 7. The van der Waals surface area contributed by atoms with Gasteiger partial charge in [0.2, 0.25) is 16.0 Å². The molecule has 1 aliphatic heterocycles. The van der Waals surface area contributed by atoms with Crippen LogP contribution in [0, 0.1) is 0 Å². The molecule has 2 N–H and O–H groups in total. The summed E-state index contributed by atoms with van der Waals surface area (Å²) in [6.07, 6.45) is 0.392. The lowest BCUT2D eigenvalue weighted by Gasteiger charge is -2.32. The van der Waals surface area contributed by atoms with Crippen LogP contribution in [-0.4, -0.2) is 69.4 Å². The van der Waals surface area contributed by atoms with Crippen molar-refractivity contribution >= 4 is 27.6 Å². The first-order valence-electron chi connectivity index (χ1n) is 14.1. The first-order chi connectivity index (χ1) is 19.9. The van der Waals surface area contributed by atoms with Gasteiger partial charge >= 0.3 is 6.18 Å². The maximum atomic E-state index is 13.5. The topological polar surface area (TPSA) is 122 Å². The smallest absolute Gasteiger partial charge is 0.351 e. The zero-order valence-corrected chi connectivity index (χ0v) is 24.6. The fourth-order valence-corrected chi connectivity index (χ4v) is 7.11. The largest absolute Gasteiger partial charge is 0.404 e. The number of sulfonamides is 1. The number of anilines is 2. The van der Waals surface area contributed by atoms with Crippen LogP contribution in [0.4, 0.5) is 24.8 Å². The van der Waals surface area contributed by atoms with Crippen molar-refractivity contribution in [1.29, 1.82) is 0 Å². The maximum absolute atomic E-state index is 13.5. The number of alkyl halides is 3. The van der Waals surface area contributed by atoms with E-state index in [2.05, 4.69) is 34.6 Å². The Hall–Kier alpha value is -3.52. The van der Waals surface area contributed by atoms with E-state index in [0.717, 1.165) is 50.8 Å². The van der Waals surface area contributed by atoms with Crippen molar-refractivity contribution in [3.8, 4) is 11.4 Å². The molecule has 42 heavy (non-hydrogen) atoms. The van der Waals surface area contributed by atoms with Crippen LogP contribution in [-0.2, 0) is 42.8 Å². The molecule has 1 saturated heterocycles. The number of piperidine rings is 1.